The van der Waals surface area contributed by atoms with Crippen LogP contribution in [0, 0.1) is 0 Å². The third-order valence-electron chi connectivity index (χ3n) is 4.49. The van der Waals surface area contributed by atoms with Crippen LogP contribution >= 0.6 is 11.6 Å². The number of halogens is 4. The van der Waals surface area contributed by atoms with E-state index < -0.39 is 28.2 Å². The Morgan fingerprint density at radius 1 is 1.23 bits per heavy atom. The summed E-state index contributed by atoms with van der Waals surface area (Å²) in [5.74, 6) is -1.52. The molecule has 13 heteroatoms. The summed E-state index contributed by atoms with van der Waals surface area (Å²) in [6.07, 6.45) is -3.48. The molecular weight excluding hydrogens is 461 g/mol. The van der Waals surface area contributed by atoms with Gasteiger partial charge < -0.3 is 9.26 Å². The van der Waals surface area contributed by atoms with Crippen LogP contribution < -0.4 is 4.74 Å². The van der Waals surface area contributed by atoms with Crippen molar-refractivity contribution < 1.29 is 30.8 Å². The van der Waals surface area contributed by atoms with Crippen molar-refractivity contribution in [1.29, 1.82) is 0 Å². The van der Waals surface area contributed by atoms with Gasteiger partial charge in [0.05, 0.1) is 11.4 Å². The van der Waals surface area contributed by atoms with E-state index >= 15 is 0 Å². The first-order valence-electron chi connectivity index (χ1n) is 8.92. The molecule has 1 aliphatic rings. The minimum Gasteiger partial charge on any atom is -0.473 e. The average molecular weight is 475 g/mol. The summed E-state index contributed by atoms with van der Waals surface area (Å²) in [6, 6.07) is 8.87. The monoisotopic (exact) mass is 474 g/mol. The zero-order valence-electron chi connectivity index (χ0n) is 15.6. The van der Waals surface area contributed by atoms with Gasteiger partial charge in [-0.05, 0) is 30.7 Å². The SMILES string of the molecule is O=S(=O)(c1cccc(Cl)c1)N1CCC(Oc2ccc(-c3noc(C(F)(F)F)n3)cn2)C1. The number of ether oxygens (including phenoxy) is 1. The Labute approximate surface area is 179 Å². The third-order valence-corrected chi connectivity index (χ3v) is 6.59. The lowest BCUT2D eigenvalue weighted by Crippen LogP contribution is -2.31. The number of alkyl halides is 3. The summed E-state index contributed by atoms with van der Waals surface area (Å²) in [6.45, 7) is 0.388. The van der Waals surface area contributed by atoms with Crippen molar-refractivity contribution in [3.63, 3.8) is 0 Å². The first-order chi connectivity index (χ1) is 14.6. The molecule has 1 saturated heterocycles. The Bertz CT molecular complexity index is 1190. The summed E-state index contributed by atoms with van der Waals surface area (Å²) in [4.78, 5) is 7.43. The van der Waals surface area contributed by atoms with E-state index in [-0.39, 0.29) is 35.3 Å². The predicted octanol–water partition coefficient (Wildman–Crippen LogP) is 3.65. The molecule has 3 heterocycles. The highest BCUT2D eigenvalue weighted by Crippen LogP contribution is 2.30. The maximum atomic E-state index is 12.8. The van der Waals surface area contributed by atoms with Gasteiger partial charge in [0.1, 0.15) is 6.10 Å². The number of hydrogen-bond donors (Lipinski definition) is 0. The summed E-state index contributed by atoms with van der Waals surface area (Å²) < 4.78 is 74.4. The van der Waals surface area contributed by atoms with E-state index in [1.165, 1.54) is 34.8 Å². The molecule has 2 aromatic heterocycles. The molecule has 0 amide bonds. The van der Waals surface area contributed by atoms with Crippen molar-refractivity contribution in [2.45, 2.75) is 23.6 Å². The van der Waals surface area contributed by atoms with Crippen LogP contribution in [0.5, 0.6) is 5.88 Å². The molecule has 1 aliphatic heterocycles. The van der Waals surface area contributed by atoms with Crippen LogP contribution in [0.4, 0.5) is 13.2 Å². The van der Waals surface area contributed by atoms with Crippen molar-refractivity contribution in [3.05, 3.63) is 53.5 Å². The van der Waals surface area contributed by atoms with Gasteiger partial charge in [-0.3, -0.25) is 0 Å². The number of sulfonamides is 1. The second kappa shape index (κ2) is 8.09. The fourth-order valence-electron chi connectivity index (χ4n) is 3.00. The second-order valence-electron chi connectivity index (χ2n) is 6.65. The van der Waals surface area contributed by atoms with Gasteiger partial charge in [-0.15, -0.1) is 0 Å². The highest BCUT2D eigenvalue weighted by Gasteiger charge is 2.38. The molecule has 0 N–H and O–H groups in total. The van der Waals surface area contributed by atoms with E-state index in [1.54, 1.807) is 12.1 Å². The zero-order chi connectivity index (χ0) is 22.2. The van der Waals surface area contributed by atoms with Crippen molar-refractivity contribution >= 4 is 21.6 Å². The lowest BCUT2D eigenvalue weighted by molar-refractivity contribution is -0.159. The van der Waals surface area contributed by atoms with Crippen molar-refractivity contribution in [2.24, 2.45) is 0 Å². The van der Waals surface area contributed by atoms with Gasteiger partial charge in [-0.1, -0.05) is 22.8 Å². The Morgan fingerprint density at radius 2 is 2.03 bits per heavy atom. The lowest BCUT2D eigenvalue weighted by atomic mass is 10.2. The summed E-state index contributed by atoms with van der Waals surface area (Å²) >= 11 is 5.89. The van der Waals surface area contributed by atoms with Gasteiger partial charge in [0, 0.05) is 29.4 Å². The normalized spacial score (nSPS) is 17.7. The zero-order valence-corrected chi connectivity index (χ0v) is 17.2. The van der Waals surface area contributed by atoms with Crippen LogP contribution in [0.3, 0.4) is 0 Å². The maximum absolute atomic E-state index is 12.8. The molecule has 1 fully saturated rings. The topological polar surface area (TPSA) is 98.4 Å². The molecule has 0 spiro atoms. The van der Waals surface area contributed by atoms with Crippen LogP contribution in [0.1, 0.15) is 12.3 Å². The number of rotatable bonds is 5. The van der Waals surface area contributed by atoms with E-state index in [0.29, 0.717) is 11.4 Å². The van der Waals surface area contributed by atoms with Gasteiger partial charge in [0.25, 0.3) is 0 Å². The first-order valence-corrected chi connectivity index (χ1v) is 10.7. The number of nitrogens with zero attached hydrogens (tertiary/aromatic N) is 4. The van der Waals surface area contributed by atoms with E-state index in [9.17, 15) is 21.6 Å². The van der Waals surface area contributed by atoms with Crippen LogP contribution in [0.25, 0.3) is 11.4 Å². The van der Waals surface area contributed by atoms with Crippen LogP contribution in [0.15, 0.2) is 52.0 Å². The van der Waals surface area contributed by atoms with Gasteiger partial charge in [0.2, 0.25) is 21.7 Å². The molecule has 1 atom stereocenters. The third kappa shape index (κ3) is 4.65. The van der Waals surface area contributed by atoms with Gasteiger partial charge in [-0.2, -0.15) is 22.5 Å². The highest BCUT2D eigenvalue weighted by atomic mass is 35.5. The minimum absolute atomic E-state index is 0.0986. The number of benzene rings is 1. The maximum Gasteiger partial charge on any atom is 0.471 e. The molecule has 0 bridgehead atoms. The number of hydrogen-bond acceptors (Lipinski definition) is 7. The number of aromatic nitrogens is 3. The fraction of sp³-hybridized carbons (Fsp3) is 0.278. The molecule has 4 rings (SSSR count). The predicted molar refractivity (Wildman–Crippen MR) is 102 cm³/mol. The van der Waals surface area contributed by atoms with Crippen molar-refractivity contribution in [1.82, 2.24) is 19.4 Å². The van der Waals surface area contributed by atoms with Crippen LogP contribution in [-0.2, 0) is 16.2 Å². The minimum atomic E-state index is -4.73. The second-order valence-corrected chi connectivity index (χ2v) is 9.03. The molecule has 0 saturated carbocycles. The molecular formula is C18H14ClF3N4O4S. The summed E-state index contributed by atoms with van der Waals surface area (Å²) in [5.41, 5.74) is 0.211. The summed E-state index contributed by atoms with van der Waals surface area (Å²) in [7, 11) is -3.71. The quantitative estimate of drug-likeness (QED) is 0.556. The molecule has 8 nitrogen and oxygen atoms in total. The molecule has 1 aromatic carbocycles. The Kier molecular flexibility index (Phi) is 5.62. The summed E-state index contributed by atoms with van der Waals surface area (Å²) in [5, 5.41) is 3.61. The van der Waals surface area contributed by atoms with Crippen molar-refractivity contribution in [2.75, 3.05) is 13.1 Å². The van der Waals surface area contributed by atoms with Gasteiger partial charge in [-0.25, -0.2) is 13.4 Å². The van der Waals surface area contributed by atoms with E-state index in [2.05, 4.69) is 19.6 Å². The van der Waals surface area contributed by atoms with Crippen molar-refractivity contribution in [3.8, 4) is 17.3 Å². The van der Waals surface area contributed by atoms with Gasteiger partial charge in [0.15, 0.2) is 0 Å². The van der Waals surface area contributed by atoms with E-state index in [4.69, 9.17) is 16.3 Å². The Morgan fingerprint density at radius 3 is 2.68 bits per heavy atom. The van der Waals surface area contributed by atoms with E-state index in [0.717, 1.165) is 0 Å². The van der Waals surface area contributed by atoms with Crippen LogP contribution in [0.2, 0.25) is 5.02 Å². The largest absolute Gasteiger partial charge is 0.473 e. The Balaban J connectivity index is 1.41. The van der Waals surface area contributed by atoms with Crippen LogP contribution in [-0.4, -0.2) is 47.0 Å². The first kappa shape index (κ1) is 21.5. The lowest BCUT2D eigenvalue weighted by Gasteiger charge is -2.17. The van der Waals surface area contributed by atoms with Gasteiger partial charge >= 0.3 is 12.1 Å². The smallest absolute Gasteiger partial charge is 0.471 e. The molecule has 0 radical (unpaired) electrons. The molecule has 3 aromatic rings. The fourth-order valence-corrected chi connectivity index (χ4v) is 4.79. The standard InChI is InChI=1S/C18H14ClF3N4O4S/c19-12-2-1-3-14(8-12)31(27,28)26-7-6-13(10-26)29-15-5-4-11(9-23-15)16-24-17(30-25-16)18(20,21)22/h1-5,8-9,13H,6-7,10H2. The Hall–Kier alpha value is -2.70. The number of pyridine rings is 1. The molecule has 0 aliphatic carbocycles. The van der Waals surface area contributed by atoms with E-state index in [1.807, 2.05) is 0 Å². The molecule has 1 unspecified atom stereocenters. The molecule has 31 heavy (non-hydrogen) atoms. The average Bonchev–Trinajstić information content (AvgIpc) is 3.38. The highest BCUT2D eigenvalue weighted by molar-refractivity contribution is 7.89. The molecule has 164 valence electrons.